The van der Waals surface area contributed by atoms with Gasteiger partial charge in [0.2, 0.25) is 0 Å². The predicted octanol–water partition coefficient (Wildman–Crippen LogP) is 1.83. The second-order valence-electron chi connectivity index (χ2n) is 4.67. The second kappa shape index (κ2) is 4.79. The number of nitrogens with zero attached hydrogens (tertiary/aromatic N) is 2. The van der Waals surface area contributed by atoms with Crippen LogP contribution in [0.25, 0.3) is 10.9 Å². The Kier molecular flexibility index (Phi) is 3.12. The number of fused-ring (bicyclic) bond motifs is 1. The molecular weight excluding hydrogens is 264 g/mol. The molecule has 3 rings (SSSR count). The zero-order chi connectivity index (χ0) is 13.4. The van der Waals surface area contributed by atoms with Gasteiger partial charge in [0.05, 0.1) is 24.8 Å². The molecule has 0 aliphatic carbocycles. The highest BCUT2D eigenvalue weighted by molar-refractivity contribution is 7.11. The van der Waals surface area contributed by atoms with Gasteiger partial charge in [0.15, 0.2) is 0 Å². The first kappa shape index (κ1) is 12.4. The van der Waals surface area contributed by atoms with Gasteiger partial charge in [-0.15, -0.1) is 0 Å². The van der Waals surface area contributed by atoms with Crippen LogP contribution in [-0.4, -0.2) is 41.8 Å². The minimum absolute atomic E-state index is 0.138. The Morgan fingerprint density at radius 3 is 3.05 bits per heavy atom. The molecule has 100 valence electrons. The average Bonchev–Trinajstić information content (AvgIpc) is 3.05. The van der Waals surface area contributed by atoms with Gasteiger partial charge in [0.1, 0.15) is 10.9 Å². The SMILES string of the molecule is CN(c1snc2ccccc12)C1COCC1C(=O)O. The van der Waals surface area contributed by atoms with Crippen LogP contribution in [0.4, 0.5) is 5.00 Å². The topological polar surface area (TPSA) is 62.7 Å². The number of hydrogen-bond acceptors (Lipinski definition) is 5. The van der Waals surface area contributed by atoms with Crippen LogP contribution in [-0.2, 0) is 9.53 Å². The maximum Gasteiger partial charge on any atom is 0.311 e. The number of carboxylic acid groups (broad SMARTS) is 1. The Balaban J connectivity index is 1.95. The molecule has 2 heterocycles. The van der Waals surface area contributed by atoms with E-state index in [9.17, 15) is 9.90 Å². The van der Waals surface area contributed by atoms with Crippen molar-refractivity contribution in [1.82, 2.24) is 4.37 Å². The summed E-state index contributed by atoms with van der Waals surface area (Å²) in [5.41, 5.74) is 0.945. The van der Waals surface area contributed by atoms with Gasteiger partial charge in [-0.25, -0.2) is 0 Å². The highest BCUT2D eigenvalue weighted by Gasteiger charge is 2.37. The molecule has 5 nitrogen and oxygen atoms in total. The van der Waals surface area contributed by atoms with E-state index in [0.717, 1.165) is 15.9 Å². The van der Waals surface area contributed by atoms with Crippen molar-refractivity contribution in [1.29, 1.82) is 0 Å². The first-order valence-corrected chi connectivity index (χ1v) is 6.83. The quantitative estimate of drug-likeness (QED) is 0.928. The highest BCUT2D eigenvalue weighted by Crippen LogP contribution is 2.34. The lowest BCUT2D eigenvalue weighted by Gasteiger charge is -2.26. The van der Waals surface area contributed by atoms with E-state index >= 15 is 0 Å². The number of anilines is 1. The Morgan fingerprint density at radius 1 is 1.47 bits per heavy atom. The van der Waals surface area contributed by atoms with Gasteiger partial charge in [0.25, 0.3) is 0 Å². The molecule has 1 aromatic heterocycles. The Morgan fingerprint density at radius 2 is 2.26 bits per heavy atom. The van der Waals surface area contributed by atoms with E-state index in [2.05, 4.69) is 4.37 Å². The second-order valence-corrected chi connectivity index (χ2v) is 5.42. The van der Waals surface area contributed by atoms with E-state index in [1.165, 1.54) is 11.5 Å². The molecule has 6 heteroatoms. The molecule has 0 spiro atoms. The molecule has 2 unspecified atom stereocenters. The highest BCUT2D eigenvalue weighted by atomic mass is 32.1. The fraction of sp³-hybridized carbons (Fsp3) is 0.385. The third-order valence-electron chi connectivity index (χ3n) is 3.55. The van der Waals surface area contributed by atoms with Crippen molar-refractivity contribution in [3.8, 4) is 0 Å². The average molecular weight is 278 g/mol. The molecule has 1 aromatic carbocycles. The summed E-state index contributed by atoms with van der Waals surface area (Å²) in [4.78, 5) is 13.2. The fourth-order valence-corrected chi connectivity index (χ4v) is 3.32. The number of carboxylic acids is 1. The van der Waals surface area contributed by atoms with E-state index in [1.54, 1.807) is 0 Å². The van der Waals surface area contributed by atoms with Crippen molar-refractivity contribution in [3.63, 3.8) is 0 Å². The van der Waals surface area contributed by atoms with Crippen LogP contribution in [0, 0.1) is 5.92 Å². The van der Waals surface area contributed by atoms with Gasteiger partial charge in [-0.3, -0.25) is 4.79 Å². The van der Waals surface area contributed by atoms with E-state index in [-0.39, 0.29) is 12.6 Å². The van der Waals surface area contributed by atoms with Crippen molar-refractivity contribution in [3.05, 3.63) is 24.3 Å². The maximum atomic E-state index is 11.2. The zero-order valence-corrected chi connectivity index (χ0v) is 11.3. The first-order chi connectivity index (χ1) is 9.18. The van der Waals surface area contributed by atoms with E-state index in [4.69, 9.17) is 4.74 Å². The van der Waals surface area contributed by atoms with Gasteiger partial charge in [0, 0.05) is 12.4 Å². The van der Waals surface area contributed by atoms with Crippen LogP contribution in [0.3, 0.4) is 0 Å². The van der Waals surface area contributed by atoms with Crippen molar-refractivity contribution >= 4 is 33.4 Å². The summed E-state index contributed by atoms with van der Waals surface area (Å²) in [6.45, 7) is 0.723. The van der Waals surface area contributed by atoms with Gasteiger partial charge >= 0.3 is 5.97 Å². The first-order valence-electron chi connectivity index (χ1n) is 6.06. The number of carbonyl (C=O) groups is 1. The number of benzene rings is 1. The molecule has 1 saturated heterocycles. The molecule has 1 aliphatic rings. The lowest BCUT2D eigenvalue weighted by atomic mass is 10.0. The Labute approximate surface area is 114 Å². The third-order valence-corrected chi connectivity index (χ3v) is 4.52. The van der Waals surface area contributed by atoms with Crippen molar-refractivity contribution in [2.45, 2.75) is 6.04 Å². The molecule has 1 fully saturated rings. The standard InChI is InChI=1S/C13H14N2O3S/c1-15(11-7-18-6-9(11)13(16)17)12-8-4-2-3-5-10(8)14-19-12/h2-5,9,11H,6-7H2,1H3,(H,16,17). The third kappa shape index (κ3) is 2.06. The van der Waals surface area contributed by atoms with Crippen LogP contribution in [0.15, 0.2) is 24.3 Å². The summed E-state index contributed by atoms with van der Waals surface area (Å²) < 4.78 is 9.72. The van der Waals surface area contributed by atoms with Crippen LogP contribution >= 0.6 is 11.5 Å². The van der Waals surface area contributed by atoms with Gasteiger partial charge < -0.3 is 14.7 Å². The van der Waals surface area contributed by atoms with Crippen LogP contribution in [0.2, 0.25) is 0 Å². The normalized spacial score (nSPS) is 22.8. The summed E-state index contributed by atoms with van der Waals surface area (Å²) in [7, 11) is 1.91. The molecule has 1 aliphatic heterocycles. The number of likely N-dealkylation sites (N-methyl/N-ethyl adjacent to an activating group) is 1. The molecule has 2 aromatic rings. The predicted molar refractivity (Wildman–Crippen MR) is 73.8 cm³/mol. The van der Waals surface area contributed by atoms with Crippen LogP contribution in [0.5, 0.6) is 0 Å². The summed E-state index contributed by atoms with van der Waals surface area (Å²) in [5.74, 6) is -1.28. The molecule has 1 N–H and O–H groups in total. The summed E-state index contributed by atoms with van der Waals surface area (Å²) in [5, 5.41) is 11.3. The summed E-state index contributed by atoms with van der Waals surface area (Å²) in [6.07, 6.45) is 0. The lowest BCUT2D eigenvalue weighted by molar-refractivity contribution is -0.141. The molecular formula is C13H14N2O3S. The van der Waals surface area contributed by atoms with Gasteiger partial charge in [-0.2, -0.15) is 4.37 Å². The largest absolute Gasteiger partial charge is 0.481 e. The maximum absolute atomic E-state index is 11.2. The van der Waals surface area contributed by atoms with Crippen LogP contribution in [0.1, 0.15) is 0 Å². The number of ether oxygens (including phenoxy) is 1. The molecule has 0 saturated carbocycles. The van der Waals surface area contributed by atoms with Gasteiger partial charge in [-0.05, 0) is 23.7 Å². The minimum atomic E-state index is -0.803. The summed E-state index contributed by atoms with van der Waals surface area (Å²) >= 11 is 1.40. The monoisotopic (exact) mass is 278 g/mol. The number of aromatic nitrogens is 1. The zero-order valence-electron chi connectivity index (χ0n) is 10.4. The van der Waals surface area contributed by atoms with Crippen LogP contribution < -0.4 is 4.90 Å². The number of rotatable bonds is 3. The number of hydrogen-bond donors (Lipinski definition) is 1. The minimum Gasteiger partial charge on any atom is -0.481 e. The Bertz CT molecular complexity index is 613. The smallest absolute Gasteiger partial charge is 0.311 e. The molecule has 2 atom stereocenters. The Hall–Kier alpha value is -1.66. The molecule has 0 radical (unpaired) electrons. The molecule has 19 heavy (non-hydrogen) atoms. The van der Waals surface area contributed by atoms with E-state index < -0.39 is 11.9 Å². The molecule has 0 amide bonds. The van der Waals surface area contributed by atoms with Gasteiger partial charge in [-0.1, -0.05) is 12.1 Å². The number of aliphatic carboxylic acids is 1. The van der Waals surface area contributed by atoms with E-state index in [1.807, 2.05) is 36.2 Å². The lowest BCUT2D eigenvalue weighted by Crippen LogP contribution is -2.40. The fourth-order valence-electron chi connectivity index (χ4n) is 2.44. The summed E-state index contributed by atoms with van der Waals surface area (Å²) in [6, 6.07) is 7.75. The molecule has 0 bridgehead atoms. The van der Waals surface area contributed by atoms with Crippen molar-refractivity contribution in [2.24, 2.45) is 5.92 Å². The van der Waals surface area contributed by atoms with Crippen molar-refractivity contribution in [2.75, 3.05) is 25.2 Å². The van der Waals surface area contributed by atoms with Crippen molar-refractivity contribution < 1.29 is 14.6 Å². The van der Waals surface area contributed by atoms with E-state index in [0.29, 0.717) is 6.61 Å².